The number of fused-ring (bicyclic) bond motifs is 3. The molecule has 0 radical (unpaired) electrons. The molecule has 0 bridgehead atoms. The van der Waals surface area contributed by atoms with Gasteiger partial charge >= 0.3 is 0 Å². The molecule has 5 rings (SSSR count). The van der Waals surface area contributed by atoms with E-state index in [4.69, 9.17) is 32.7 Å². The van der Waals surface area contributed by atoms with Crippen molar-refractivity contribution >= 4 is 40.9 Å². The number of hydrogen-bond acceptors (Lipinski definition) is 4. The van der Waals surface area contributed by atoms with Gasteiger partial charge in [-0.2, -0.15) is 0 Å². The highest BCUT2D eigenvalue weighted by atomic mass is 35.5. The number of amides is 1. The maximum absolute atomic E-state index is 12.5. The number of nitrogens with one attached hydrogen (secondary N) is 1. The predicted molar refractivity (Wildman–Crippen MR) is 141 cm³/mol. The van der Waals surface area contributed by atoms with E-state index in [0.29, 0.717) is 28.1 Å². The van der Waals surface area contributed by atoms with Crippen molar-refractivity contribution in [1.82, 2.24) is 5.32 Å². The molecule has 0 spiro atoms. The number of hydrogen-bond donors (Lipinski definition) is 1. The van der Waals surface area contributed by atoms with Gasteiger partial charge in [-0.05, 0) is 47.5 Å². The van der Waals surface area contributed by atoms with Crippen LogP contribution in [0.1, 0.15) is 30.5 Å². The van der Waals surface area contributed by atoms with Gasteiger partial charge in [-0.15, -0.1) is 0 Å². The lowest BCUT2D eigenvalue weighted by molar-refractivity contribution is -0.118. The molecule has 5 nitrogen and oxygen atoms in total. The quantitative estimate of drug-likeness (QED) is 0.429. The molecule has 7 heteroatoms. The fourth-order valence-electron chi connectivity index (χ4n) is 5.06. The summed E-state index contributed by atoms with van der Waals surface area (Å²) in [5.74, 6) is 1.23. The van der Waals surface area contributed by atoms with Gasteiger partial charge in [0, 0.05) is 26.7 Å². The van der Waals surface area contributed by atoms with E-state index < -0.39 is 5.66 Å². The van der Waals surface area contributed by atoms with Gasteiger partial charge in [0.15, 0.2) is 11.5 Å². The molecule has 0 aromatic heterocycles. The van der Waals surface area contributed by atoms with Crippen LogP contribution in [0.4, 0.5) is 5.69 Å². The molecule has 0 saturated carbocycles. The van der Waals surface area contributed by atoms with Crippen molar-refractivity contribution < 1.29 is 14.3 Å². The van der Waals surface area contributed by atoms with Crippen LogP contribution in [0.2, 0.25) is 10.0 Å². The number of ether oxygens (including phenoxy) is 2. The Balaban J connectivity index is 1.41. The summed E-state index contributed by atoms with van der Waals surface area (Å²) in [6.07, 6.45) is 4.11. The third kappa shape index (κ3) is 3.93. The van der Waals surface area contributed by atoms with Crippen molar-refractivity contribution in [3.05, 3.63) is 93.5 Å². The zero-order valence-corrected chi connectivity index (χ0v) is 21.3. The number of anilines is 1. The Labute approximate surface area is 215 Å². The van der Waals surface area contributed by atoms with E-state index in [1.165, 1.54) is 5.56 Å². The van der Waals surface area contributed by atoms with E-state index in [9.17, 15) is 4.79 Å². The Morgan fingerprint density at radius 2 is 1.86 bits per heavy atom. The number of halogens is 2. The Bertz CT molecular complexity index is 1340. The molecule has 3 aromatic carbocycles. The summed E-state index contributed by atoms with van der Waals surface area (Å²) in [4.78, 5) is 14.7. The number of rotatable bonds is 6. The van der Waals surface area contributed by atoms with Crippen LogP contribution in [0, 0.1) is 0 Å². The number of para-hydroxylation sites is 1. The van der Waals surface area contributed by atoms with E-state index in [1.54, 1.807) is 19.2 Å². The molecule has 1 amide bonds. The third-order valence-corrected chi connectivity index (χ3v) is 7.57. The van der Waals surface area contributed by atoms with Crippen molar-refractivity contribution in [3.63, 3.8) is 0 Å². The molecular formula is C28H26Cl2N2O3. The van der Waals surface area contributed by atoms with Gasteiger partial charge < -0.3 is 19.7 Å². The second-order valence-corrected chi connectivity index (χ2v) is 10.2. The normalized spacial score (nSPS) is 20.0. The van der Waals surface area contributed by atoms with Crippen molar-refractivity contribution in [2.75, 3.05) is 18.6 Å². The molecular weight excluding hydrogens is 483 g/mol. The average Bonchev–Trinajstić information content (AvgIpc) is 3.27. The first-order valence-corrected chi connectivity index (χ1v) is 12.1. The van der Waals surface area contributed by atoms with E-state index in [0.717, 1.165) is 16.8 Å². The zero-order chi connectivity index (χ0) is 24.8. The van der Waals surface area contributed by atoms with Gasteiger partial charge in [0.25, 0.3) is 0 Å². The van der Waals surface area contributed by atoms with Gasteiger partial charge in [0.2, 0.25) is 5.91 Å². The fraction of sp³-hybridized carbons (Fsp3) is 0.250. The first-order chi connectivity index (χ1) is 16.7. The van der Waals surface area contributed by atoms with Crippen LogP contribution in [0.5, 0.6) is 11.5 Å². The van der Waals surface area contributed by atoms with Gasteiger partial charge in [0.05, 0.1) is 13.7 Å². The Morgan fingerprint density at radius 1 is 1.06 bits per heavy atom. The smallest absolute Gasteiger partial charge is 0.241 e. The average molecular weight is 509 g/mol. The van der Waals surface area contributed by atoms with Crippen LogP contribution >= 0.6 is 23.2 Å². The third-order valence-electron chi connectivity index (χ3n) is 6.98. The number of carbonyl (C=O) groups excluding carboxylic acids is 1. The van der Waals surface area contributed by atoms with Crippen molar-refractivity contribution in [2.45, 2.75) is 31.5 Å². The minimum atomic E-state index is -0.651. The number of benzene rings is 3. The summed E-state index contributed by atoms with van der Waals surface area (Å²) < 4.78 is 11.6. The van der Waals surface area contributed by atoms with Crippen molar-refractivity contribution in [2.24, 2.45) is 0 Å². The molecule has 1 fully saturated rings. The van der Waals surface area contributed by atoms with Crippen LogP contribution in [0.25, 0.3) is 6.08 Å². The predicted octanol–water partition coefficient (Wildman–Crippen LogP) is 6.22. The number of methoxy groups -OCH3 is 1. The Kier molecular flexibility index (Phi) is 5.94. The molecule has 0 aliphatic carbocycles. The lowest BCUT2D eigenvalue weighted by Gasteiger charge is -2.40. The van der Waals surface area contributed by atoms with Gasteiger partial charge in [-0.1, -0.05) is 73.5 Å². The van der Waals surface area contributed by atoms with Crippen molar-refractivity contribution in [1.29, 1.82) is 0 Å². The van der Waals surface area contributed by atoms with E-state index in [-0.39, 0.29) is 17.9 Å². The molecule has 1 N–H and O–H groups in total. The van der Waals surface area contributed by atoms with Gasteiger partial charge in [-0.25, -0.2) is 0 Å². The second-order valence-electron chi connectivity index (χ2n) is 9.31. The summed E-state index contributed by atoms with van der Waals surface area (Å²) in [5.41, 5.74) is 3.09. The Morgan fingerprint density at radius 3 is 2.63 bits per heavy atom. The van der Waals surface area contributed by atoms with Crippen LogP contribution in [0.15, 0.2) is 66.7 Å². The highest BCUT2D eigenvalue weighted by molar-refractivity contribution is 6.35. The molecule has 2 aliphatic rings. The van der Waals surface area contributed by atoms with E-state index >= 15 is 0 Å². The molecule has 0 unspecified atom stereocenters. The van der Waals surface area contributed by atoms with E-state index in [2.05, 4.69) is 42.3 Å². The summed E-state index contributed by atoms with van der Waals surface area (Å²) in [7, 11) is 1.61. The van der Waals surface area contributed by atoms with Gasteiger partial charge in [-0.3, -0.25) is 4.79 Å². The molecule has 2 aliphatic heterocycles. The van der Waals surface area contributed by atoms with Crippen molar-refractivity contribution in [3.8, 4) is 11.5 Å². The maximum Gasteiger partial charge on any atom is 0.241 e. The largest absolute Gasteiger partial charge is 0.493 e. The summed E-state index contributed by atoms with van der Waals surface area (Å²) in [6.45, 7) is 4.95. The molecule has 1 atom stereocenters. The molecule has 3 aromatic rings. The molecule has 35 heavy (non-hydrogen) atoms. The maximum atomic E-state index is 12.5. The summed E-state index contributed by atoms with van der Waals surface area (Å²) >= 11 is 12.3. The van der Waals surface area contributed by atoms with Crippen LogP contribution in [-0.2, 0) is 16.8 Å². The van der Waals surface area contributed by atoms with E-state index in [1.807, 2.05) is 42.5 Å². The standard InChI is InChI=1S/C28H26Cl2N2O3/c1-27(2)21-6-4-5-7-23(21)32-16-26(33)31-28(27,32)13-12-18-8-11-24(25(14-18)34-3)35-17-19-9-10-20(29)15-22(19)30/h4-15H,16-17H2,1-3H3,(H,31,33)/b13-12+/t28-/m0/s1. The molecule has 2 heterocycles. The number of carbonyl (C=O) groups is 1. The molecule has 1 saturated heterocycles. The highest BCUT2D eigenvalue weighted by Gasteiger charge is 2.59. The SMILES string of the molecule is COc1cc(/C=C/[C@]23NC(=O)CN2c2ccccc2C3(C)C)ccc1OCc1ccc(Cl)cc1Cl. The lowest BCUT2D eigenvalue weighted by atomic mass is 9.75. The van der Waals surface area contributed by atoms with Crippen LogP contribution in [-0.4, -0.2) is 25.2 Å². The molecule has 180 valence electrons. The summed E-state index contributed by atoms with van der Waals surface area (Å²) in [6, 6.07) is 19.3. The highest BCUT2D eigenvalue weighted by Crippen LogP contribution is 2.52. The zero-order valence-electron chi connectivity index (χ0n) is 19.8. The van der Waals surface area contributed by atoms with Crippen LogP contribution in [0.3, 0.4) is 0 Å². The van der Waals surface area contributed by atoms with Gasteiger partial charge in [0.1, 0.15) is 12.3 Å². The lowest BCUT2D eigenvalue weighted by Crippen LogP contribution is -2.58. The monoisotopic (exact) mass is 508 g/mol. The minimum absolute atomic E-state index is 0.0133. The topological polar surface area (TPSA) is 50.8 Å². The first-order valence-electron chi connectivity index (χ1n) is 11.4. The first kappa shape index (κ1) is 23.6. The summed E-state index contributed by atoms with van der Waals surface area (Å²) in [5, 5.41) is 4.38. The van der Waals surface area contributed by atoms with Crippen LogP contribution < -0.4 is 19.7 Å². The fourth-order valence-corrected chi connectivity index (χ4v) is 5.52. The second kappa shape index (κ2) is 8.81. The Hall–Kier alpha value is -3.15. The minimum Gasteiger partial charge on any atom is -0.493 e. The number of nitrogens with zero attached hydrogens (tertiary/aromatic N) is 1.